The smallest absolute Gasteiger partial charge is 0.261 e. The van der Waals surface area contributed by atoms with E-state index in [2.05, 4.69) is 27.8 Å². The van der Waals surface area contributed by atoms with Crippen molar-refractivity contribution in [1.82, 2.24) is 5.32 Å². The van der Waals surface area contributed by atoms with E-state index in [1.54, 1.807) is 12.1 Å². The van der Waals surface area contributed by atoms with E-state index < -0.39 is 0 Å². The van der Waals surface area contributed by atoms with Crippen molar-refractivity contribution in [2.45, 2.75) is 0 Å². The minimum Gasteiger partial charge on any atom is -0.347 e. The molecular formula is C12H9BrFNOS. The van der Waals surface area contributed by atoms with Crippen molar-refractivity contribution in [1.29, 1.82) is 0 Å². The Labute approximate surface area is 110 Å². The molecule has 88 valence electrons. The average molecular weight is 314 g/mol. The van der Waals surface area contributed by atoms with Crippen LogP contribution in [0, 0.1) is 5.82 Å². The van der Waals surface area contributed by atoms with E-state index in [1.807, 2.05) is 0 Å². The number of halogens is 2. The highest BCUT2D eigenvalue weighted by molar-refractivity contribution is 9.11. The Balaban J connectivity index is 2.24. The van der Waals surface area contributed by atoms with Crippen molar-refractivity contribution in [3.63, 3.8) is 0 Å². The molecule has 1 heterocycles. The summed E-state index contributed by atoms with van der Waals surface area (Å²) in [5.41, 5.74) is 0. The summed E-state index contributed by atoms with van der Waals surface area (Å²) < 4.78 is 14.6. The maximum Gasteiger partial charge on any atom is 0.261 e. The molecule has 1 N–H and O–H groups in total. The topological polar surface area (TPSA) is 29.1 Å². The molecule has 0 fully saturated rings. The third-order valence-electron chi connectivity index (χ3n) is 2.14. The second kappa shape index (κ2) is 4.98. The van der Waals surface area contributed by atoms with Gasteiger partial charge in [0.2, 0.25) is 0 Å². The Kier molecular flexibility index (Phi) is 3.59. The molecule has 5 heteroatoms. The summed E-state index contributed by atoms with van der Waals surface area (Å²) in [5, 5.41) is 3.45. The van der Waals surface area contributed by atoms with Crippen molar-refractivity contribution in [3.05, 3.63) is 46.0 Å². The fourth-order valence-corrected chi connectivity index (χ4v) is 2.49. The predicted molar refractivity (Wildman–Crippen MR) is 72.2 cm³/mol. The molecule has 17 heavy (non-hydrogen) atoms. The molecular weight excluding hydrogens is 305 g/mol. The Morgan fingerprint density at radius 3 is 2.94 bits per heavy atom. The van der Waals surface area contributed by atoms with Crippen molar-refractivity contribution >= 4 is 43.3 Å². The van der Waals surface area contributed by atoms with Gasteiger partial charge in [0, 0.05) is 15.7 Å². The summed E-state index contributed by atoms with van der Waals surface area (Å²) in [6.45, 7) is 4.01. The molecule has 2 aromatic rings. The van der Waals surface area contributed by atoms with Crippen LogP contribution in [0.25, 0.3) is 10.1 Å². The molecule has 2 nitrogen and oxygen atoms in total. The number of nitrogens with one attached hydrogen (secondary N) is 1. The van der Waals surface area contributed by atoms with Crippen LogP contribution in [0.2, 0.25) is 0 Å². The molecule has 1 aromatic carbocycles. The second-order valence-corrected chi connectivity index (χ2v) is 5.70. The normalized spacial score (nSPS) is 10.5. The van der Waals surface area contributed by atoms with Gasteiger partial charge in [-0.05, 0) is 29.7 Å². The standard InChI is InChI=1S/C12H9BrFNOS/c1-7(13)6-15-12(16)11-5-8-4-9(14)2-3-10(8)17-11/h2-5H,1,6H2,(H,15,16). The fraction of sp³-hybridized carbons (Fsp3) is 0.0833. The van der Waals surface area contributed by atoms with Gasteiger partial charge in [0.25, 0.3) is 5.91 Å². The van der Waals surface area contributed by atoms with Gasteiger partial charge in [0.1, 0.15) is 5.82 Å². The van der Waals surface area contributed by atoms with Crippen molar-refractivity contribution < 1.29 is 9.18 Å². The molecule has 0 spiro atoms. The molecule has 0 bridgehead atoms. The minimum atomic E-state index is -0.295. The molecule has 0 aliphatic rings. The molecule has 0 atom stereocenters. The van der Waals surface area contributed by atoms with Crippen LogP contribution in [0.4, 0.5) is 4.39 Å². The van der Waals surface area contributed by atoms with Gasteiger partial charge < -0.3 is 5.32 Å². The average Bonchev–Trinajstić information content (AvgIpc) is 2.68. The van der Waals surface area contributed by atoms with Gasteiger partial charge in [0.15, 0.2) is 0 Å². The third kappa shape index (κ3) is 2.92. The molecule has 0 aliphatic carbocycles. The molecule has 1 amide bonds. The van der Waals surface area contributed by atoms with Crippen LogP contribution in [0.1, 0.15) is 9.67 Å². The first kappa shape index (κ1) is 12.3. The van der Waals surface area contributed by atoms with Crippen LogP contribution in [-0.4, -0.2) is 12.5 Å². The Hall–Kier alpha value is -1.20. The largest absolute Gasteiger partial charge is 0.347 e. The van der Waals surface area contributed by atoms with Crippen LogP contribution >= 0.6 is 27.3 Å². The van der Waals surface area contributed by atoms with Crippen LogP contribution < -0.4 is 5.32 Å². The van der Waals surface area contributed by atoms with Gasteiger partial charge in [-0.15, -0.1) is 11.3 Å². The van der Waals surface area contributed by atoms with E-state index >= 15 is 0 Å². The van der Waals surface area contributed by atoms with Crippen molar-refractivity contribution in [2.75, 3.05) is 6.54 Å². The van der Waals surface area contributed by atoms with Gasteiger partial charge in [-0.25, -0.2) is 4.39 Å². The number of hydrogen-bond acceptors (Lipinski definition) is 2. The predicted octanol–water partition coefficient (Wildman–Crippen LogP) is 3.68. The highest BCUT2D eigenvalue weighted by atomic mass is 79.9. The van der Waals surface area contributed by atoms with Gasteiger partial charge in [0.05, 0.1) is 4.88 Å². The maximum absolute atomic E-state index is 13.0. The highest BCUT2D eigenvalue weighted by Crippen LogP contribution is 2.26. The quantitative estimate of drug-likeness (QED) is 0.920. The number of carbonyl (C=O) groups excluding carboxylic acids is 1. The van der Waals surface area contributed by atoms with Gasteiger partial charge in [-0.2, -0.15) is 0 Å². The van der Waals surface area contributed by atoms with Crippen molar-refractivity contribution in [2.24, 2.45) is 0 Å². The zero-order chi connectivity index (χ0) is 12.4. The Bertz CT molecular complexity index is 593. The lowest BCUT2D eigenvalue weighted by atomic mass is 10.2. The molecule has 0 radical (unpaired) electrons. The number of thiophene rings is 1. The van der Waals surface area contributed by atoms with E-state index in [-0.39, 0.29) is 11.7 Å². The lowest BCUT2D eigenvalue weighted by molar-refractivity contribution is 0.0962. The second-order valence-electron chi connectivity index (χ2n) is 3.49. The minimum absolute atomic E-state index is 0.174. The number of fused-ring (bicyclic) bond motifs is 1. The van der Waals surface area contributed by atoms with Crippen LogP contribution in [0.3, 0.4) is 0 Å². The van der Waals surface area contributed by atoms with Crippen LogP contribution in [0.15, 0.2) is 35.3 Å². The number of benzene rings is 1. The lowest BCUT2D eigenvalue weighted by Crippen LogP contribution is -2.23. The number of hydrogen-bond donors (Lipinski definition) is 1. The summed E-state index contributed by atoms with van der Waals surface area (Å²) in [5.74, 6) is -0.469. The summed E-state index contributed by atoms with van der Waals surface area (Å²) in [6.07, 6.45) is 0. The highest BCUT2D eigenvalue weighted by Gasteiger charge is 2.10. The molecule has 0 aliphatic heterocycles. The van der Waals surface area contributed by atoms with Gasteiger partial charge in [-0.3, -0.25) is 4.79 Å². The maximum atomic E-state index is 13.0. The lowest BCUT2D eigenvalue weighted by Gasteiger charge is -2.00. The summed E-state index contributed by atoms with van der Waals surface area (Å²) in [4.78, 5) is 12.3. The third-order valence-corrected chi connectivity index (χ3v) is 3.54. The van der Waals surface area contributed by atoms with Gasteiger partial charge in [-0.1, -0.05) is 22.5 Å². The summed E-state index contributed by atoms with van der Waals surface area (Å²) in [6, 6.07) is 6.18. The Morgan fingerprint density at radius 1 is 1.47 bits per heavy atom. The zero-order valence-electron chi connectivity index (χ0n) is 8.80. The Morgan fingerprint density at radius 2 is 2.24 bits per heavy atom. The molecule has 2 rings (SSSR count). The van der Waals surface area contributed by atoms with E-state index in [0.717, 1.165) is 10.1 Å². The zero-order valence-corrected chi connectivity index (χ0v) is 11.2. The number of amides is 1. The van der Waals surface area contributed by atoms with E-state index in [0.29, 0.717) is 15.9 Å². The van der Waals surface area contributed by atoms with Crippen LogP contribution in [-0.2, 0) is 0 Å². The van der Waals surface area contributed by atoms with Gasteiger partial charge >= 0.3 is 0 Å². The fourth-order valence-electron chi connectivity index (χ4n) is 1.39. The molecule has 0 saturated heterocycles. The SMILES string of the molecule is C=C(Br)CNC(=O)c1cc2cc(F)ccc2s1. The van der Waals surface area contributed by atoms with E-state index in [9.17, 15) is 9.18 Å². The molecule has 0 unspecified atom stereocenters. The summed E-state index contributed by atoms with van der Waals surface area (Å²) >= 11 is 4.51. The van der Waals surface area contributed by atoms with Crippen LogP contribution in [0.5, 0.6) is 0 Å². The molecule has 0 saturated carbocycles. The molecule has 1 aromatic heterocycles. The first-order valence-corrected chi connectivity index (χ1v) is 6.48. The first-order valence-electron chi connectivity index (χ1n) is 4.87. The van der Waals surface area contributed by atoms with Crippen molar-refractivity contribution in [3.8, 4) is 0 Å². The van der Waals surface area contributed by atoms with E-state index in [1.165, 1.54) is 23.5 Å². The first-order chi connectivity index (χ1) is 8.06. The number of rotatable bonds is 3. The monoisotopic (exact) mass is 313 g/mol. The number of carbonyl (C=O) groups is 1. The summed E-state index contributed by atoms with van der Waals surface area (Å²) in [7, 11) is 0. The van der Waals surface area contributed by atoms with E-state index in [4.69, 9.17) is 0 Å².